The van der Waals surface area contributed by atoms with Crippen molar-refractivity contribution in [1.29, 1.82) is 0 Å². The standard InChI is InChI=1S/C10H9F3N2O4/c1-14(9(16)19-6-10(11,12)13)7-2-4-8(5-3-7)15(17)18/h2-5H,6H2,1H3. The van der Waals surface area contributed by atoms with E-state index in [1.165, 1.54) is 19.2 Å². The van der Waals surface area contributed by atoms with E-state index in [2.05, 4.69) is 4.74 Å². The number of hydrogen-bond acceptors (Lipinski definition) is 4. The molecular weight excluding hydrogens is 269 g/mol. The van der Waals surface area contributed by atoms with Crippen molar-refractivity contribution in [3.8, 4) is 0 Å². The third kappa shape index (κ3) is 4.45. The summed E-state index contributed by atoms with van der Waals surface area (Å²) in [5, 5.41) is 10.4. The van der Waals surface area contributed by atoms with E-state index in [1.807, 2.05) is 0 Å². The molecule has 0 aliphatic heterocycles. The van der Waals surface area contributed by atoms with Gasteiger partial charge in [-0.3, -0.25) is 15.0 Å². The molecule has 0 bridgehead atoms. The van der Waals surface area contributed by atoms with Gasteiger partial charge in [0.1, 0.15) is 0 Å². The molecule has 1 aromatic rings. The Morgan fingerprint density at radius 2 is 1.89 bits per heavy atom. The third-order valence-corrected chi connectivity index (χ3v) is 2.08. The van der Waals surface area contributed by atoms with Gasteiger partial charge in [-0.15, -0.1) is 0 Å². The van der Waals surface area contributed by atoms with Crippen LogP contribution < -0.4 is 4.90 Å². The zero-order valence-electron chi connectivity index (χ0n) is 9.68. The summed E-state index contributed by atoms with van der Waals surface area (Å²) in [5.41, 5.74) is -0.0152. The van der Waals surface area contributed by atoms with Gasteiger partial charge >= 0.3 is 12.3 Å². The SMILES string of the molecule is CN(C(=O)OCC(F)(F)F)c1ccc([N+](=O)[O-])cc1. The Hall–Kier alpha value is -2.32. The predicted octanol–water partition coefficient (Wildman–Crippen LogP) is 2.73. The average Bonchev–Trinajstić information content (AvgIpc) is 2.34. The molecular formula is C10H9F3N2O4. The number of rotatable bonds is 3. The van der Waals surface area contributed by atoms with Gasteiger partial charge in [0.05, 0.1) is 4.92 Å². The van der Waals surface area contributed by atoms with E-state index in [0.29, 0.717) is 0 Å². The normalized spacial score (nSPS) is 10.9. The second-order valence-corrected chi connectivity index (χ2v) is 3.50. The number of ether oxygens (including phenoxy) is 1. The number of hydrogen-bond donors (Lipinski definition) is 0. The van der Waals surface area contributed by atoms with Crippen LogP contribution in [0.4, 0.5) is 29.3 Å². The van der Waals surface area contributed by atoms with Crippen molar-refractivity contribution < 1.29 is 27.6 Å². The fourth-order valence-corrected chi connectivity index (χ4v) is 1.14. The fraction of sp³-hybridized carbons (Fsp3) is 0.300. The number of nitrogens with zero attached hydrogens (tertiary/aromatic N) is 2. The number of amides is 1. The molecule has 0 fully saturated rings. The molecule has 1 rings (SSSR count). The molecule has 0 saturated heterocycles. The van der Waals surface area contributed by atoms with Crippen LogP contribution in [0.1, 0.15) is 0 Å². The number of carbonyl (C=O) groups is 1. The van der Waals surface area contributed by atoms with Crippen molar-refractivity contribution in [3.05, 3.63) is 34.4 Å². The number of anilines is 1. The van der Waals surface area contributed by atoms with E-state index in [9.17, 15) is 28.1 Å². The van der Waals surface area contributed by atoms with E-state index in [-0.39, 0.29) is 11.4 Å². The quantitative estimate of drug-likeness (QED) is 0.629. The summed E-state index contributed by atoms with van der Waals surface area (Å²) >= 11 is 0. The van der Waals surface area contributed by atoms with Crippen LogP contribution >= 0.6 is 0 Å². The molecule has 0 aliphatic carbocycles. The van der Waals surface area contributed by atoms with Gasteiger partial charge in [-0.2, -0.15) is 13.2 Å². The number of benzene rings is 1. The van der Waals surface area contributed by atoms with Gasteiger partial charge in [0.25, 0.3) is 5.69 Å². The Labute approximate surface area is 105 Å². The van der Waals surface area contributed by atoms with Crippen LogP contribution in [0.3, 0.4) is 0 Å². The first-order chi connectivity index (χ1) is 8.70. The number of halogens is 3. The molecule has 1 aromatic carbocycles. The van der Waals surface area contributed by atoms with Crippen molar-refractivity contribution >= 4 is 17.5 Å². The lowest BCUT2D eigenvalue weighted by atomic mass is 10.3. The molecule has 6 nitrogen and oxygen atoms in total. The Kier molecular flexibility index (Phi) is 4.30. The molecule has 104 valence electrons. The molecule has 0 spiro atoms. The van der Waals surface area contributed by atoms with Crippen molar-refractivity contribution in [2.75, 3.05) is 18.6 Å². The first-order valence-corrected chi connectivity index (χ1v) is 4.92. The van der Waals surface area contributed by atoms with Gasteiger partial charge < -0.3 is 4.74 Å². The van der Waals surface area contributed by atoms with E-state index < -0.39 is 23.8 Å². The summed E-state index contributed by atoms with van der Waals surface area (Å²) in [6.07, 6.45) is -5.81. The number of alkyl halides is 3. The van der Waals surface area contributed by atoms with Crippen molar-refractivity contribution in [1.82, 2.24) is 0 Å². The summed E-state index contributed by atoms with van der Waals surface area (Å²) in [6.45, 7) is -1.69. The van der Waals surface area contributed by atoms with Crippen LogP contribution in [0, 0.1) is 10.1 Å². The van der Waals surface area contributed by atoms with Crippen LogP contribution in [-0.4, -0.2) is 30.8 Å². The summed E-state index contributed by atoms with van der Waals surface area (Å²) in [4.78, 5) is 21.9. The first kappa shape index (κ1) is 14.7. The van der Waals surface area contributed by atoms with E-state index >= 15 is 0 Å². The fourth-order valence-electron chi connectivity index (χ4n) is 1.14. The van der Waals surface area contributed by atoms with Crippen molar-refractivity contribution in [2.24, 2.45) is 0 Å². The minimum absolute atomic E-state index is 0.178. The second kappa shape index (κ2) is 5.55. The number of non-ortho nitro benzene ring substituents is 1. The third-order valence-electron chi connectivity index (χ3n) is 2.08. The van der Waals surface area contributed by atoms with E-state index in [1.54, 1.807) is 0 Å². The van der Waals surface area contributed by atoms with Crippen molar-refractivity contribution in [2.45, 2.75) is 6.18 Å². The van der Waals surface area contributed by atoms with E-state index in [0.717, 1.165) is 17.0 Å². The lowest BCUT2D eigenvalue weighted by Gasteiger charge is -2.17. The second-order valence-electron chi connectivity index (χ2n) is 3.50. The molecule has 0 aromatic heterocycles. The number of nitro groups is 1. The van der Waals surface area contributed by atoms with Gasteiger partial charge in [0.15, 0.2) is 6.61 Å². The maximum Gasteiger partial charge on any atom is 0.422 e. The smallest absolute Gasteiger partial charge is 0.422 e. The molecule has 0 radical (unpaired) electrons. The Bertz CT molecular complexity index is 473. The Morgan fingerprint density at radius 1 is 1.37 bits per heavy atom. The zero-order valence-corrected chi connectivity index (χ0v) is 9.68. The van der Waals surface area contributed by atoms with Crippen LogP contribution in [0.2, 0.25) is 0 Å². The highest BCUT2D eigenvalue weighted by atomic mass is 19.4. The van der Waals surface area contributed by atoms with Crippen molar-refractivity contribution in [3.63, 3.8) is 0 Å². The monoisotopic (exact) mass is 278 g/mol. The summed E-state index contributed by atoms with van der Waals surface area (Å²) in [6, 6.07) is 4.71. The molecule has 0 unspecified atom stereocenters. The zero-order chi connectivity index (χ0) is 14.6. The Morgan fingerprint density at radius 3 is 2.32 bits per heavy atom. The minimum Gasteiger partial charge on any atom is -0.440 e. The number of carbonyl (C=O) groups excluding carboxylic acids is 1. The topological polar surface area (TPSA) is 72.7 Å². The molecule has 0 heterocycles. The van der Waals surface area contributed by atoms with Crippen LogP contribution in [0.25, 0.3) is 0 Å². The maximum absolute atomic E-state index is 11.9. The van der Waals surface area contributed by atoms with Gasteiger partial charge in [-0.1, -0.05) is 0 Å². The average molecular weight is 278 g/mol. The van der Waals surface area contributed by atoms with Gasteiger partial charge in [-0.05, 0) is 12.1 Å². The predicted molar refractivity (Wildman–Crippen MR) is 58.9 cm³/mol. The largest absolute Gasteiger partial charge is 0.440 e. The highest BCUT2D eigenvalue weighted by Gasteiger charge is 2.30. The molecule has 0 atom stereocenters. The van der Waals surface area contributed by atoms with Gasteiger partial charge in [0, 0.05) is 24.9 Å². The molecule has 0 saturated carbocycles. The van der Waals surface area contributed by atoms with Gasteiger partial charge in [-0.25, -0.2) is 4.79 Å². The van der Waals surface area contributed by atoms with Gasteiger partial charge in [0.2, 0.25) is 0 Å². The highest BCUT2D eigenvalue weighted by Crippen LogP contribution is 2.20. The minimum atomic E-state index is -4.61. The summed E-state index contributed by atoms with van der Waals surface area (Å²) < 4.78 is 39.6. The Balaban J connectivity index is 2.69. The molecule has 1 amide bonds. The summed E-state index contributed by atoms with van der Waals surface area (Å²) in [5.74, 6) is 0. The number of nitro benzene ring substituents is 1. The molecule has 0 aliphatic rings. The lowest BCUT2D eigenvalue weighted by Crippen LogP contribution is -2.30. The maximum atomic E-state index is 11.9. The van der Waals surface area contributed by atoms with Crippen LogP contribution in [0.5, 0.6) is 0 Å². The molecule has 0 N–H and O–H groups in total. The lowest BCUT2D eigenvalue weighted by molar-refractivity contribution is -0.384. The summed E-state index contributed by atoms with van der Waals surface area (Å²) in [7, 11) is 1.19. The first-order valence-electron chi connectivity index (χ1n) is 4.92. The van der Waals surface area contributed by atoms with Crippen LogP contribution in [0.15, 0.2) is 24.3 Å². The molecule has 19 heavy (non-hydrogen) atoms. The van der Waals surface area contributed by atoms with Crippen LogP contribution in [-0.2, 0) is 4.74 Å². The highest BCUT2D eigenvalue weighted by molar-refractivity contribution is 5.87. The van der Waals surface area contributed by atoms with E-state index in [4.69, 9.17) is 0 Å². The molecule has 9 heteroatoms.